The largest absolute Gasteiger partial charge is 0.494 e. The molecule has 0 saturated carbocycles. The Labute approximate surface area is 210 Å². The first kappa shape index (κ1) is 24.2. The number of carbonyl (C=O) groups excluding carboxylic acids is 2. The molecule has 5 rings (SSSR count). The molecular weight excluding hydrogens is 457 g/mol. The number of aryl methyl sites for hydroxylation is 1. The van der Waals surface area contributed by atoms with Crippen molar-refractivity contribution in [3.8, 4) is 0 Å². The van der Waals surface area contributed by atoms with Gasteiger partial charge in [-0.25, -0.2) is 0 Å². The van der Waals surface area contributed by atoms with Crippen LogP contribution in [-0.4, -0.2) is 51.4 Å². The third kappa shape index (κ3) is 4.78. The van der Waals surface area contributed by atoms with Crippen molar-refractivity contribution in [3.63, 3.8) is 0 Å². The summed E-state index contributed by atoms with van der Waals surface area (Å²) in [6, 6.07) is 14.9. The normalized spacial score (nSPS) is 20.4. The van der Waals surface area contributed by atoms with Crippen LogP contribution in [0.1, 0.15) is 61.7 Å². The molecular formula is C26H30BN5O4. The van der Waals surface area contributed by atoms with Gasteiger partial charge in [0.2, 0.25) is 11.7 Å². The lowest BCUT2D eigenvalue weighted by molar-refractivity contribution is -0.118. The summed E-state index contributed by atoms with van der Waals surface area (Å²) in [7, 11) is -0.480. The second kappa shape index (κ2) is 9.18. The Bertz CT molecular complexity index is 1270. The van der Waals surface area contributed by atoms with Crippen LogP contribution in [0.25, 0.3) is 0 Å². The minimum Gasteiger partial charge on any atom is -0.399 e. The summed E-state index contributed by atoms with van der Waals surface area (Å²) in [4.78, 5) is 28.6. The standard InChI is InChI=1S/C26H30BN5O4/c1-25(2)26(3,4)36-27(35-25)18-11-13-19-17(15-18)10-12-20(23(33)28-19)29-24(34)22-30-21(31-32-22)14-16-8-6-5-7-9-16/h5-9,11,13,15,20H,10,12,14H2,1-4H3,(H,28,33)(H,29,34)(H,30,31,32). The van der Waals surface area contributed by atoms with Crippen molar-refractivity contribution in [2.75, 3.05) is 5.32 Å². The van der Waals surface area contributed by atoms with Crippen molar-refractivity contribution in [2.45, 2.75) is 64.2 Å². The van der Waals surface area contributed by atoms with E-state index in [1.807, 2.05) is 76.2 Å². The molecule has 3 aromatic rings. The molecule has 1 unspecified atom stereocenters. The van der Waals surface area contributed by atoms with E-state index in [0.29, 0.717) is 25.1 Å². The van der Waals surface area contributed by atoms with Gasteiger partial charge in [-0.2, -0.15) is 0 Å². The number of nitrogens with one attached hydrogen (secondary N) is 3. The van der Waals surface area contributed by atoms with Gasteiger partial charge in [0.1, 0.15) is 11.9 Å². The van der Waals surface area contributed by atoms with Crippen LogP contribution in [0.4, 0.5) is 5.69 Å². The number of hydrogen-bond donors (Lipinski definition) is 3. The fourth-order valence-corrected chi connectivity index (χ4v) is 4.35. The molecule has 0 aliphatic carbocycles. The molecule has 10 heteroatoms. The highest BCUT2D eigenvalue weighted by atomic mass is 16.7. The number of nitrogens with zero attached hydrogens (tertiary/aromatic N) is 2. The summed E-state index contributed by atoms with van der Waals surface area (Å²) >= 11 is 0. The maximum atomic E-state index is 12.9. The highest BCUT2D eigenvalue weighted by Crippen LogP contribution is 2.36. The van der Waals surface area contributed by atoms with Crippen LogP contribution in [0.15, 0.2) is 48.5 Å². The third-order valence-electron chi connectivity index (χ3n) is 7.20. The Morgan fingerprint density at radius 2 is 1.81 bits per heavy atom. The van der Waals surface area contributed by atoms with Crippen LogP contribution in [0.3, 0.4) is 0 Å². The van der Waals surface area contributed by atoms with Crippen molar-refractivity contribution in [2.24, 2.45) is 0 Å². The predicted octanol–water partition coefficient (Wildman–Crippen LogP) is 2.38. The lowest BCUT2D eigenvalue weighted by Crippen LogP contribution is -2.43. The van der Waals surface area contributed by atoms with E-state index in [1.165, 1.54) is 0 Å². The molecule has 186 valence electrons. The lowest BCUT2D eigenvalue weighted by atomic mass is 9.78. The summed E-state index contributed by atoms with van der Waals surface area (Å²) in [6.07, 6.45) is 1.58. The number of benzene rings is 2. The molecule has 3 heterocycles. The second-order valence-electron chi connectivity index (χ2n) is 10.3. The van der Waals surface area contributed by atoms with Gasteiger partial charge in [-0.15, -0.1) is 10.2 Å². The fraction of sp³-hybridized carbons (Fsp3) is 0.385. The Morgan fingerprint density at radius 3 is 2.53 bits per heavy atom. The monoisotopic (exact) mass is 487 g/mol. The maximum absolute atomic E-state index is 12.9. The molecule has 2 amide bonds. The molecule has 2 aromatic carbocycles. The Hall–Kier alpha value is -3.50. The number of H-pyrrole nitrogens is 1. The number of hydrogen-bond acceptors (Lipinski definition) is 6. The van der Waals surface area contributed by atoms with E-state index < -0.39 is 30.3 Å². The van der Waals surface area contributed by atoms with Gasteiger partial charge in [-0.05, 0) is 63.2 Å². The van der Waals surface area contributed by atoms with Crippen molar-refractivity contribution >= 4 is 30.1 Å². The minimum atomic E-state index is -0.701. The summed E-state index contributed by atoms with van der Waals surface area (Å²) in [5, 5.41) is 13.8. The van der Waals surface area contributed by atoms with Gasteiger partial charge in [0.05, 0.1) is 11.2 Å². The SMILES string of the molecule is CC1(C)OB(c2ccc3c(c2)CCC(NC(=O)c2nnc(Cc4ccccc4)[nH]2)C(=O)N3)OC1(C)C. The predicted molar refractivity (Wildman–Crippen MR) is 136 cm³/mol. The van der Waals surface area contributed by atoms with E-state index in [1.54, 1.807) is 0 Å². The van der Waals surface area contributed by atoms with Crippen molar-refractivity contribution in [3.05, 3.63) is 71.3 Å². The molecule has 0 radical (unpaired) electrons. The van der Waals surface area contributed by atoms with Gasteiger partial charge >= 0.3 is 7.12 Å². The maximum Gasteiger partial charge on any atom is 0.494 e. The molecule has 2 aliphatic heterocycles. The summed E-state index contributed by atoms with van der Waals surface area (Å²) in [6.45, 7) is 8.07. The molecule has 3 N–H and O–H groups in total. The Morgan fingerprint density at radius 1 is 1.08 bits per heavy atom. The first-order chi connectivity index (χ1) is 17.1. The number of aromatic nitrogens is 3. The minimum absolute atomic E-state index is 0.0820. The lowest BCUT2D eigenvalue weighted by Gasteiger charge is -2.32. The zero-order chi connectivity index (χ0) is 25.5. The zero-order valence-electron chi connectivity index (χ0n) is 20.9. The number of fused-ring (bicyclic) bond motifs is 1. The van der Waals surface area contributed by atoms with Gasteiger partial charge in [0.25, 0.3) is 5.91 Å². The van der Waals surface area contributed by atoms with Crippen molar-refractivity contribution in [1.82, 2.24) is 20.5 Å². The Kier molecular flexibility index (Phi) is 6.18. The van der Waals surface area contributed by atoms with Crippen LogP contribution >= 0.6 is 0 Å². The van der Waals surface area contributed by atoms with Gasteiger partial charge in [0.15, 0.2) is 0 Å². The van der Waals surface area contributed by atoms with Gasteiger partial charge in [0, 0.05) is 12.1 Å². The molecule has 9 nitrogen and oxygen atoms in total. The van der Waals surface area contributed by atoms with Gasteiger partial charge < -0.3 is 24.9 Å². The zero-order valence-corrected chi connectivity index (χ0v) is 20.9. The van der Waals surface area contributed by atoms with E-state index in [9.17, 15) is 9.59 Å². The molecule has 1 atom stereocenters. The van der Waals surface area contributed by atoms with Crippen LogP contribution in [0, 0.1) is 0 Å². The number of carbonyl (C=O) groups is 2. The van der Waals surface area contributed by atoms with E-state index in [2.05, 4.69) is 25.8 Å². The molecule has 1 saturated heterocycles. The van der Waals surface area contributed by atoms with Crippen LogP contribution in [-0.2, 0) is 26.9 Å². The quantitative estimate of drug-likeness (QED) is 0.476. The Balaban J connectivity index is 1.24. The number of anilines is 1. The van der Waals surface area contributed by atoms with Crippen LogP contribution < -0.4 is 16.1 Å². The average Bonchev–Trinajstić information content (AvgIpc) is 3.33. The summed E-state index contributed by atoms with van der Waals surface area (Å²) in [5.74, 6) is -0.0711. The number of amides is 2. The molecule has 36 heavy (non-hydrogen) atoms. The van der Waals surface area contributed by atoms with Crippen molar-refractivity contribution < 1.29 is 18.9 Å². The van der Waals surface area contributed by atoms with Gasteiger partial charge in [-0.3, -0.25) is 9.59 Å². The molecule has 0 spiro atoms. The number of aromatic amines is 1. The highest BCUT2D eigenvalue weighted by molar-refractivity contribution is 6.62. The van der Waals surface area contributed by atoms with Crippen molar-refractivity contribution in [1.29, 1.82) is 0 Å². The third-order valence-corrected chi connectivity index (χ3v) is 7.20. The first-order valence-electron chi connectivity index (χ1n) is 12.2. The first-order valence-corrected chi connectivity index (χ1v) is 12.2. The van der Waals surface area contributed by atoms with Crippen LogP contribution in [0.2, 0.25) is 0 Å². The average molecular weight is 487 g/mol. The molecule has 1 fully saturated rings. The second-order valence-corrected chi connectivity index (χ2v) is 10.3. The molecule has 0 bridgehead atoms. The highest BCUT2D eigenvalue weighted by Gasteiger charge is 2.51. The van der Waals surface area contributed by atoms with E-state index in [4.69, 9.17) is 9.31 Å². The topological polar surface area (TPSA) is 118 Å². The van der Waals surface area contributed by atoms with Gasteiger partial charge in [-0.1, -0.05) is 42.5 Å². The fourth-order valence-electron chi connectivity index (χ4n) is 4.35. The van der Waals surface area contributed by atoms with E-state index in [0.717, 1.165) is 22.3 Å². The summed E-state index contributed by atoms with van der Waals surface area (Å²) < 4.78 is 12.3. The summed E-state index contributed by atoms with van der Waals surface area (Å²) in [5.41, 5.74) is 2.78. The molecule has 1 aromatic heterocycles. The molecule has 2 aliphatic rings. The van der Waals surface area contributed by atoms with E-state index >= 15 is 0 Å². The van der Waals surface area contributed by atoms with Crippen LogP contribution in [0.5, 0.6) is 0 Å². The van der Waals surface area contributed by atoms with E-state index in [-0.39, 0.29) is 11.7 Å². The number of rotatable bonds is 5. The smallest absolute Gasteiger partial charge is 0.399 e.